The van der Waals surface area contributed by atoms with E-state index in [1.165, 1.54) is 30.5 Å². The van der Waals surface area contributed by atoms with Crippen molar-refractivity contribution in [1.82, 2.24) is 9.97 Å². The van der Waals surface area contributed by atoms with E-state index in [1.54, 1.807) is 18.2 Å². The molecule has 29 heavy (non-hydrogen) atoms. The second kappa shape index (κ2) is 8.65. The van der Waals surface area contributed by atoms with E-state index in [9.17, 15) is 18.0 Å². The highest BCUT2D eigenvalue weighted by molar-refractivity contribution is 7.92. The van der Waals surface area contributed by atoms with Crippen molar-refractivity contribution >= 4 is 44.4 Å². The van der Waals surface area contributed by atoms with Crippen molar-refractivity contribution in [3.05, 3.63) is 54.7 Å². The van der Waals surface area contributed by atoms with Gasteiger partial charge in [0.15, 0.2) is 5.82 Å². The van der Waals surface area contributed by atoms with Crippen LogP contribution in [0.1, 0.15) is 19.3 Å². The highest BCUT2D eigenvalue weighted by Gasteiger charge is 2.15. The monoisotopic (exact) mass is 414 g/mol. The molecule has 3 rings (SSSR count). The first kappa shape index (κ1) is 20.2. The third-order valence-corrected chi connectivity index (χ3v) is 5.30. The van der Waals surface area contributed by atoms with Crippen LogP contribution in [0.4, 0.5) is 11.5 Å². The first-order valence-corrected chi connectivity index (χ1v) is 10.2. The lowest BCUT2D eigenvalue weighted by atomic mass is 10.2. The average molecular weight is 414 g/mol. The molecule has 0 fully saturated rings. The minimum Gasteiger partial charge on any atom is -0.481 e. The number of carbonyl (C=O) groups excluding carboxylic acids is 1. The fourth-order valence-electron chi connectivity index (χ4n) is 2.54. The number of nitrogens with one attached hydrogen (secondary N) is 2. The number of carbonyl (C=O) groups is 2. The van der Waals surface area contributed by atoms with E-state index < -0.39 is 16.0 Å². The zero-order chi connectivity index (χ0) is 20.9. The number of benzene rings is 2. The summed E-state index contributed by atoms with van der Waals surface area (Å²) < 4.78 is 27.5. The van der Waals surface area contributed by atoms with Crippen molar-refractivity contribution < 1.29 is 23.1 Å². The normalized spacial score (nSPS) is 11.2. The average Bonchev–Trinajstić information content (AvgIpc) is 2.67. The zero-order valence-electron chi connectivity index (χ0n) is 15.2. The highest BCUT2D eigenvalue weighted by Crippen LogP contribution is 2.18. The van der Waals surface area contributed by atoms with Crippen molar-refractivity contribution in [1.29, 1.82) is 0 Å². The first-order valence-electron chi connectivity index (χ1n) is 8.70. The first-order chi connectivity index (χ1) is 13.8. The molecule has 3 N–H and O–H groups in total. The Hall–Kier alpha value is -3.53. The summed E-state index contributed by atoms with van der Waals surface area (Å²) in [5.74, 6) is -1.21. The molecule has 0 radical (unpaired) electrons. The molecule has 0 saturated carbocycles. The van der Waals surface area contributed by atoms with Gasteiger partial charge in [-0.25, -0.2) is 13.4 Å². The van der Waals surface area contributed by atoms with Gasteiger partial charge in [0.1, 0.15) is 0 Å². The number of sulfonamides is 1. The van der Waals surface area contributed by atoms with Gasteiger partial charge in [-0.1, -0.05) is 12.1 Å². The number of nitrogens with zero attached hydrogens (tertiary/aromatic N) is 2. The van der Waals surface area contributed by atoms with Gasteiger partial charge in [0, 0.05) is 18.5 Å². The van der Waals surface area contributed by atoms with Crippen LogP contribution in [0.3, 0.4) is 0 Å². The summed E-state index contributed by atoms with van der Waals surface area (Å²) >= 11 is 0. The van der Waals surface area contributed by atoms with Gasteiger partial charge in [0.2, 0.25) is 5.91 Å². The molecular formula is C19H18N4O5S. The van der Waals surface area contributed by atoms with Crippen molar-refractivity contribution in [3.63, 3.8) is 0 Å². The molecule has 1 heterocycles. The van der Waals surface area contributed by atoms with E-state index in [0.717, 1.165) is 0 Å². The van der Waals surface area contributed by atoms with E-state index in [4.69, 9.17) is 5.11 Å². The van der Waals surface area contributed by atoms with E-state index in [2.05, 4.69) is 20.0 Å². The number of rotatable bonds is 8. The van der Waals surface area contributed by atoms with Crippen molar-refractivity contribution in [2.75, 3.05) is 10.0 Å². The molecule has 0 saturated heterocycles. The van der Waals surface area contributed by atoms with Gasteiger partial charge in [0.25, 0.3) is 10.0 Å². The lowest BCUT2D eigenvalue weighted by molar-refractivity contribution is -0.137. The summed E-state index contributed by atoms with van der Waals surface area (Å²) in [5.41, 5.74) is 1.63. The van der Waals surface area contributed by atoms with Crippen molar-refractivity contribution in [2.24, 2.45) is 0 Å². The predicted molar refractivity (Wildman–Crippen MR) is 107 cm³/mol. The number of amides is 1. The maximum Gasteiger partial charge on any atom is 0.303 e. The molecule has 0 aliphatic heterocycles. The number of hydrogen-bond donors (Lipinski definition) is 3. The molecule has 0 bridgehead atoms. The number of para-hydroxylation sites is 2. The molecule has 0 aliphatic carbocycles. The van der Waals surface area contributed by atoms with Gasteiger partial charge in [-0.15, -0.1) is 0 Å². The number of aliphatic carboxylic acids is 1. The summed E-state index contributed by atoms with van der Waals surface area (Å²) in [6, 6.07) is 12.7. The molecular weight excluding hydrogens is 396 g/mol. The minimum absolute atomic E-state index is 0.00339. The minimum atomic E-state index is -3.88. The third kappa shape index (κ3) is 5.48. The largest absolute Gasteiger partial charge is 0.481 e. The van der Waals surface area contributed by atoms with Crippen LogP contribution >= 0.6 is 0 Å². The second-order valence-electron chi connectivity index (χ2n) is 6.17. The highest BCUT2D eigenvalue weighted by atomic mass is 32.2. The van der Waals surface area contributed by atoms with Gasteiger partial charge >= 0.3 is 5.97 Å². The van der Waals surface area contributed by atoms with Crippen LogP contribution in [0.15, 0.2) is 59.6 Å². The number of aromatic nitrogens is 2. The Bertz CT molecular complexity index is 1150. The van der Waals surface area contributed by atoms with Gasteiger partial charge in [-0.2, -0.15) is 0 Å². The Morgan fingerprint density at radius 3 is 2.34 bits per heavy atom. The summed E-state index contributed by atoms with van der Waals surface area (Å²) in [7, 11) is -3.88. The van der Waals surface area contributed by atoms with Crippen LogP contribution in [0.25, 0.3) is 11.0 Å². The molecule has 2 aromatic carbocycles. The zero-order valence-corrected chi connectivity index (χ0v) is 16.0. The molecule has 150 valence electrons. The molecule has 3 aromatic rings. The van der Waals surface area contributed by atoms with E-state index in [1.807, 2.05) is 6.07 Å². The fourth-order valence-corrected chi connectivity index (χ4v) is 3.53. The molecule has 0 aliphatic rings. The molecule has 9 nitrogen and oxygen atoms in total. The third-order valence-electron chi connectivity index (χ3n) is 3.93. The van der Waals surface area contributed by atoms with Gasteiger partial charge in [-0.05, 0) is 42.8 Å². The molecule has 0 atom stereocenters. The second-order valence-corrected chi connectivity index (χ2v) is 7.85. The molecule has 1 aromatic heterocycles. The number of anilines is 2. The van der Waals surface area contributed by atoms with Gasteiger partial charge in [-0.3, -0.25) is 19.3 Å². The fraction of sp³-hybridized carbons (Fsp3) is 0.158. The molecule has 1 amide bonds. The predicted octanol–water partition coefficient (Wildman–Crippen LogP) is 2.62. The smallest absolute Gasteiger partial charge is 0.303 e. The molecule has 10 heteroatoms. The van der Waals surface area contributed by atoms with Crippen LogP contribution in [0.2, 0.25) is 0 Å². The Morgan fingerprint density at radius 2 is 1.66 bits per heavy atom. The molecule has 0 unspecified atom stereocenters. The van der Waals surface area contributed by atoms with Crippen molar-refractivity contribution in [3.8, 4) is 0 Å². The van der Waals surface area contributed by atoms with Crippen molar-refractivity contribution in [2.45, 2.75) is 24.2 Å². The van der Waals surface area contributed by atoms with E-state index >= 15 is 0 Å². The summed E-state index contributed by atoms with van der Waals surface area (Å²) in [4.78, 5) is 30.6. The molecule has 0 spiro atoms. The lowest BCUT2D eigenvalue weighted by Crippen LogP contribution is -2.15. The SMILES string of the molecule is O=C(O)CCCC(=O)Nc1ccc(S(=O)(=O)Nc2cnc3ccccc3n2)cc1. The Labute approximate surface area is 166 Å². The summed E-state index contributed by atoms with van der Waals surface area (Å²) in [5, 5.41) is 11.2. The lowest BCUT2D eigenvalue weighted by Gasteiger charge is -2.09. The van der Waals surface area contributed by atoms with E-state index in [0.29, 0.717) is 16.7 Å². The van der Waals surface area contributed by atoms with Gasteiger partial charge < -0.3 is 10.4 Å². The topological polar surface area (TPSA) is 138 Å². The number of carboxylic acids is 1. The van der Waals surface area contributed by atoms with Gasteiger partial charge in [0.05, 0.1) is 22.1 Å². The number of hydrogen-bond acceptors (Lipinski definition) is 6. The quantitative estimate of drug-likeness (QED) is 0.515. The van der Waals surface area contributed by atoms with Crippen LogP contribution in [0, 0.1) is 0 Å². The summed E-state index contributed by atoms with van der Waals surface area (Å²) in [6.45, 7) is 0. The number of fused-ring (bicyclic) bond motifs is 1. The number of carboxylic acid groups (broad SMARTS) is 1. The summed E-state index contributed by atoms with van der Waals surface area (Å²) in [6.07, 6.45) is 1.54. The Kier molecular flexibility index (Phi) is 6.03. The van der Waals surface area contributed by atoms with Crippen LogP contribution in [0.5, 0.6) is 0 Å². The van der Waals surface area contributed by atoms with Crippen LogP contribution in [-0.4, -0.2) is 35.4 Å². The standard InChI is InChI=1S/C19H18N4O5S/c24-18(6-3-7-19(25)26)21-13-8-10-14(11-9-13)29(27,28)23-17-12-20-15-4-1-2-5-16(15)22-17/h1-2,4-5,8-12H,3,6-7H2,(H,21,24)(H,22,23)(H,25,26). The van der Waals surface area contributed by atoms with E-state index in [-0.39, 0.29) is 35.9 Å². The maximum absolute atomic E-state index is 12.6. The van der Waals surface area contributed by atoms with Crippen LogP contribution < -0.4 is 10.0 Å². The maximum atomic E-state index is 12.6. The Morgan fingerprint density at radius 1 is 0.966 bits per heavy atom. The Balaban J connectivity index is 1.66. The van der Waals surface area contributed by atoms with Crippen LogP contribution in [-0.2, 0) is 19.6 Å².